The van der Waals surface area contributed by atoms with E-state index in [-0.39, 0.29) is 29.7 Å². The van der Waals surface area contributed by atoms with Crippen LogP contribution in [0.4, 0.5) is 10.1 Å². The van der Waals surface area contributed by atoms with Crippen LogP contribution in [0.15, 0.2) is 18.2 Å². The molecule has 1 aromatic rings. The molecule has 1 aromatic carbocycles. The van der Waals surface area contributed by atoms with E-state index >= 15 is 0 Å². The summed E-state index contributed by atoms with van der Waals surface area (Å²) in [5, 5.41) is 13.7. The smallest absolute Gasteiger partial charge is 0.151 e. The summed E-state index contributed by atoms with van der Waals surface area (Å²) >= 11 is 0. The SMILES string of the molecule is CC12CC(C1)[C@@H](C(O)c1cccc(N)c1F)N2.Cl. The van der Waals surface area contributed by atoms with Gasteiger partial charge in [0.1, 0.15) is 0 Å². The van der Waals surface area contributed by atoms with Crippen molar-refractivity contribution in [3.05, 3.63) is 29.6 Å². The first-order valence-corrected chi connectivity index (χ1v) is 6.00. The van der Waals surface area contributed by atoms with Crippen LogP contribution in [0.25, 0.3) is 0 Å². The number of hydrogen-bond acceptors (Lipinski definition) is 3. The highest BCUT2D eigenvalue weighted by Crippen LogP contribution is 2.50. The van der Waals surface area contributed by atoms with Crippen LogP contribution in [-0.2, 0) is 0 Å². The Morgan fingerprint density at radius 3 is 2.72 bits per heavy atom. The largest absolute Gasteiger partial charge is 0.396 e. The Hall–Kier alpha value is -0.840. The highest BCUT2D eigenvalue weighted by molar-refractivity contribution is 5.85. The summed E-state index contributed by atoms with van der Waals surface area (Å²) in [7, 11) is 0. The van der Waals surface area contributed by atoms with Gasteiger partial charge in [0.2, 0.25) is 0 Å². The summed E-state index contributed by atoms with van der Waals surface area (Å²) in [6.07, 6.45) is 1.32. The standard InChI is InChI=1S/C13H17FN2O.ClH/c1-13-5-7(6-13)11(16-13)12(17)8-3-2-4-9(15)10(8)14;/h2-4,7,11-12,16-17H,5-6,15H2,1H3;1H/t7?,11-,12?,13?;/m0./s1. The Labute approximate surface area is 112 Å². The second-order valence-corrected chi connectivity index (χ2v) is 5.59. The molecule has 0 amide bonds. The zero-order valence-electron chi connectivity index (χ0n) is 10.2. The number of aliphatic hydroxyl groups excluding tert-OH is 1. The van der Waals surface area contributed by atoms with Crippen molar-refractivity contribution in [2.45, 2.75) is 37.5 Å². The van der Waals surface area contributed by atoms with Crippen molar-refractivity contribution in [2.75, 3.05) is 5.73 Å². The summed E-state index contributed by atoms with van der Waals surface area (Å²) in [6.45, 7) is 2.14. The summed E-state index contributed by atoms with van der Waals surface area (Å²) in [6, 6.07) is 4.75. The lowest BCUT2D eigenvalue weighted by atomic mass is 9.72. The maximum atomic E-state index is 13.8. The van der Waals surface area contributed by atoms with Gasteiger partial charge in [0, 0.05) is 17.1 Å². The van der Waals surface area contributed by atoms with E-state index in [9.17, 15) is 9.50 Å². The number of fused-ring (bicyclic) bond motifs is 1. The number of nitrogens with one attached hydrogen (secondary N) is 1. The normalized spacial score (nSPS) is 34.6. The van der Waals surface area contributed by atoms with Gasteiger partial charge in [0.25, 0.3) is 0 Å². The number of hydrogen-bond donors (Lipinski definition) is 3. The number of benzene rings is 1. The monoisotopic (exact) mass is 272 g/mol. The molecule has 2 saturated heterocycles. The van der Waals surface area contributed by atoms with Crippen LogP contribution in [0.1, 0.15) is 31.4 Å². The number of nitrogens with two attached hydrogens (primary N) is 1. The quantitative estimate of drug-likeness (QED) is 0.722. The van der Waals surface area contributed by atoms with Gasteiger partial charge in [-0.2, -0.15) is 0 Å². The molecule has 3 nitrogen and oxygen atoms in total. The second kappa shape index (κ2) is 4.37. The molecule has 3 aliphatic rings. The van der Waals surface area contributed by atoms with Gasteiger partial charge in [0.15, 0.2) is 5.82 Å². The predicted molar refractivity (Wildman–Crippen MR) is 71.1 cm³/mol. The zero-order valence-corrected chi connectivity index (χ0v) is 11.0. The molecule has 100 valence electrons. The molecule has 0 spiro atoms. The number of rotatable bonds is 2. The summed E-state index contributed by atoms with van der Waals surface area (Å²) in [5.74, 6) is -0.0353. The molecule has 0 aromatic heterocycles. The Kier molecular flexibility index (Phi) is 3.30. The molecule has 2 atom stereocenters. The molecule has 5 heteroatoms. The third-order valence-electron chi connectivity index (χ3n) is 4.17. The van der Waals surface area contributed by atoms with Crippen molar-refractivity contribution in [3.8, 4) is 0 Å². The molecule has 1 aliphatic carbocycles. The van der Waals surface area contributed by atoms with Crippen LogP contribution in [0.2, 0.25) is 0 Å². The van der Waals surface area contributed by atoms with E-state index in [1.165, 1.54) is 6.07 Å². The van der Waals surface area contributed by atoms with E-state index in [0.29, 0.717) is 11.5 Å². The highest BCUT2D eigenvalue weighted by atomic mass is 35.5. The predicted octanol–water partition coefficient (Wildman–Crippen LogP) is 2.00. The molecule has 1 saturated carbocycles. The molecule has 2 heterocycles. The number of nitrogen functional groups attached to an aromatic ring is 1. The number of halogens is 2. The Bertz CT molecular complexity index is 462. The molecule has 0 radical (unpaired) electrons. The van der Waals surface area contributed by atoms with Crippen molar-refractivity contribution in [3.63, 3.8) is 0 Å². The first-order valence-electron chi connectivity index (χ1n) is 6.00. The fraction of sp³-hybridized carbons (Fsp3) is 0.538. The highest BCUT2D eigenvalue weighted by Gasteiger charge is 2.54. The molecule has 4 rings (SSSR count). The van der Waals surface area contributed by atoms with Crippen LogP contribution in [0.3, 0.4) is 0 Å². The van der Waals surface area contributed by atoms with Crippen molar-refractivity contribution in [2.24, 2.45) is 5.92 Å². The van der Waals surface area contributed by atoms with Crippen LogP contribution >= 0.6 is 12.4 Å². The minimum Gasteiger partial charge on any atom is -0.396 e. The maximum absolute atomic E-state index is 13.8. The van der Waals surface area contributed by atoms with Crippen molar-refractivity contribution >= 4 is 18.1 Å². The van der Waals surface area contributed by atoms with E-state index in [1.54, 1.807) is 12.1 Å². The number of aliphatic hydroxyl groups is 1. The van der Waals surface area contributed by atoms with Crippen LogP contribution in [0.5, 0.6) is 0 Å². The van der Waals surface area contributed by atoms with Crippen LogP contribution in [0, 0.1) is 11.7 Å². The lowest BCUT2D eigenvalue weighted by Gasteiger charge is -2.33. The van der Waals surface area contributed by atoms with Gasteiger partial charge in [-0.15, -0.1) is 12.4 Å². The van der Waals surface area contributed by atoms with Gasteiger partial charge in [-0.1, -0.05) is 12.1 Å². The van der Waals surface area contributed by atoms with E-state index in [2.05, 4.69) is 12.2 Å². The van der Waals surface area contributed by atoms with E-state index < -0.39 is 11.9 Å². The van der Waals surface area contributed by atoms with E-state index in [1.807, 2.05) is 0 Å². The van der Waals surface area contributed by atoms with Crippen LogP contribution < -0.4 is 11.1 Å². The molecule has 2 bridgehead atoms. The summed E-state index contributed by atoms with van der Waals surface area (Å²) in [4.78, 5) is 0. The lowest BCUT2D eigenvalue weighted by molar-refractivity contribution is 0.118. The molecule has 1 unspecified atom stereocenters. The minimum absolute atomic E-state index is 0. The average molecular weight is 273 g/mol. The van der Waals surface area contributed by atoms with E-state index in [4.69, 9.17) is 5.73 Å². The zero-order chi connectivity index (χ0) is 12.2. The molecule has 4 N–H and O–H groups in total. The van der Waals surface area contributed by atoms with E-state index in [0.717, 1.165) is 12.8 Å². The van der Waals surface area contributed by atoms with Crippen molar-refractivity contribution in [1.82, 2.24) is 5.32 Å². The topological polar surface area (TPSA) is 58.3 Å². The molecule has 2 aliphatic heterocycles. The molecule has 3 fully saturated rings. The third-order valence-corrected chi connectivity index (χ3v) is 4.17. The van der Waals surface area contributed by atoms with Gasteiger partial charge in [-0.3, -0.25) is 0 Å². The first kappa shape index (κ1) is 13.6. The van der Waals surface area contributed by atoms with Crippen molar-refractivity contribution < 1.29 is 9.50 Å². The summed E-state index contributed by atoms with van der Waals surface area (Å²) < 4.78 is 13.8. The first-order chi connectivity index (χ1) is 8.00. The van der Waals surface area contributed by atoms with Gasteiger partial charge in [-0.05, 0) is 31.7 Å². The van der Waals surface area contributed by atoms with Crippen LogP contribution in [-0.4, -0.2) is 16.7 Å². The van der Waals surface area contributed by atoms with Gasteiger partial charge >= 0.3 is 0 Å². The van der Waals surface area contributed by atoms with Gasteiger partial charge in [-0.25, -0.2) is 4.39 Å². The second-order valence-electron chi connectivity index (χ2n) is 5.59. The average Bonchev–Trinajstić information content (AvgIpc) is 2.74. The van der Waals surface area contributed by atoms with Gasteiger partial charge < -0.3 is 16.2 Å². The summed E-state index contributed by atoms with van der Waals surface area (Å²) in [5.41, 5.74) is 6.07. The third kappa shape index (κ3) is 1.88. The Morgan fingerprint density at radius 2 is 2.17 bits per heavy atom. The van der Waals surface area contributed by atoms with Crippen molar-refractivity contribution in [1.29, 1.82) is 0 Å². The Morgan fingerprint density at radius 1 is 1.50 bits per heavy atom. The molecular formula is C13H18ClFN2O. The molecule has 18 heavy (non-hydrogen) atoms. The fourth-order valence-electron chi connectivity index (χ4n) is 3.32. The van der Waals surface area contributed by atoms with Gasteiger partial charge in [0.05, 0.1) is 11.8 Å². The fourth-order valence-corrected chi connectivity index (χ4v) is 3.32. The lowest BCUT2D eigenvalue weighted by Crippen LogP contribution is -2.40. The number of anilines is 1. The molecular weight excluding hydrogens is 255 g/mol. The minimum atomic E-state index is -0.812. The Balaban J connectivity index is 0.00000120. The maximum Gasteiger partial charge on any atom is 0.151 e.